The van der Waals surface area contributed by atoms with Crippen molar-refractivity contribution in [3.05, 3.63) is 36.3 Å². The molecule has 150 valence electrons. The van der Waals surface area contributed by atoms with Gasteiger partial charge in [-0.3, -0.25) is 9.78 Å². The summed E-state index contributed by atoms with van der Waals surface area (Å²) in [7, 11) is 0. The number of anilines is 1. The zero-order valence-electron chi connectivity index (χ0n) is 17.2. The predicted molar refractivity (Wildman–Crippen MR) is 111 cm³/mol. The molecule has 1 aromatic carbocycles. The largest absolute Gasteiger partial charge is 0.370 e. The second-order valence-electron chi connectivity index (χ2n) is 9.68. The number of carbonyl (C=O) groups is 1. The molecule has 0 spiro atoms. The minimum Gasteiger partial charge on any atom is -0.370 e. The Hall–Kier alpha value is -2.17. The maximum Gasteiger partial charge on any atom is 0.223 e. The lowest BCUT2D eigenvalue weighted by molar-refractivity contribution is -0.127. The van der Waals surface area contributed by atoms with Gasteiger partial charge in [0.2, 0.25) is 5.91 Å². The Morgan fingerprint density at radius 2 is 1.89 bits per heavy atom. The van der Waals surface area contributed by atoms with Crippen molar-refractivity contribution >= 4 is 22.5 Å². The molecule has 1 amide bonds. The van der Waals surface area contributed by atoms with Crippen LogP contribution in [0.4, 0.5) is 10.1 Å². The van der Waals surface area contributed by atoms with Gasteiger partial charge in [-0.2, -0.15) is 0 Å². The first kappa shape index (κ1) is 19.2. The minimum atomic E-state index is -0.222. The monoisotopic (exact) mass is 383 g/mol. The molecule has 0 radical (unpaired) electrons. The lowest BCUT2D eigenvalue weighted by Gasteiger charge is -2.27. The number of amides is 1. The number of nitrogens with zero attached hydrogens (tertiary/aromatic N) is 2. The van der Waals surface area contributed by atoms with E-state index >= 15 is 0 Å². The van der Waals surface area contributed by atoms with E-state index in [2.05, 4.69) is 22.1 Å². The number of fused-ring (bicyclic) bond motifs is 2. The fourth-order valence-electron chi connectivity index (χ4n) is 5.03. The van der Waals surface area contributed by atoms with Crippen LogP contribution < -0.4 is 10.2 Å². The Morgan fingerprint density at radius 1 is 1.21 bits per heavy atom. The number of hydrogen-bond acceptors (Lipinski definition) is 3. The summed E-state index contributed by atoms with van der Waals surface area (Å²) in [6.45, 7) is 10.1. The van der Waals surface area contributed by atoms with Crippen LogP contribution in [0.1, 0.15) is 40.5 Å². The number of carbonyl (C=O) groups excluding carboxylic acids is 1. The van der Waals surface area contributed by atoms with Crippen molar-refractivity contribution in [3.8, 4) is 0 Å². The third kappa shape index (κ3) is 3.71. The first-order valence-electron chi connectivity index (χ1n) is 10.3. The van der Waals surface area contributed by atoms with Crippen LogP contribution in [-0.4, -0.2) is 29.5 Å². The highest BCUT2D eigenvalue weighted by Gasteiger charge is 2.44. The first-order valence-corrected chi connectivity index (χ1v) is 10.3. The molecule has 1 saturated heterocycles. The molecule has 1 N–H and O–H groups in total. The first-order chi connectivity index (χ1) is 13.2. The molecular formula is C23H30FN3O. The number of hydrogen-bond donors (Lipinski definition) is 1. The van der Waals surface area contributed by atoms with Gasteiger partial charge in [0, 0.05) is 41.8 Å². The van der Waals surface area contributed by atoms with Crippen LogP contribution in [0.3, 0.4) is 0 Å². The van der Waals surface area contributed by atoms with Gasteiger partial charge in [-0.25, -0.2) is 4.39 Å². The molecule has 2 unspecified atom stereocenters. The Bertz CT molecular complexity index is 877. The summed E-state index contributed by atoms with van der Waals surface area (Å²) in [6, 6.07) is 6.80. The van der Waals surface area contributed by atoms with E-state index in [1.807, 2.05) is 33.0 Å². The van der Waals surface area contributed by atoms with E-state index in [0.717, 1.165) is 42.5 Å². The van der Waals surface area contributed by atoms with Gasteiger partial charge in [0.05, 0.1) is 5.52 Å². The molecule has 4 nitrogen and oxygen atoms in total. The van der Waals surface area contributed by atoms with E-state index in [-0.39, 0.29) is 23.2 Å². The zero-order chi connectivity index (χ0) is 20.1. The van der Waals surface area contributed by atoms with Gasteiger partial charge in [-0.05, 0) is 75.6 Å². The van der Waals surface area contributed by atoms with E-state index in [0.29, 0.717) is 17.8 Å². The van der Waals surface area contributed by atoms with Crippen molar-refractivity contribution in [2.45, 2.75) is 46.1 Å². The minimum absolute atomic E-state index is 0.0501. The lowest BCUT2D eigenvalue weighted by Crippen LogP contribution is -2.44. The smallest absolute Gasteiger partial charge is 0.223 e. The highest BCUT2D eigenvalue weighted by molar-refractivity contribution is 5.91. The van der Waals surface area contributed by atoms with E-state index in [1.54, 1.807) is 12.1 Å². The average Bonchev–Trinajstić information content (AvgIpc) is 3.18. The fourth-order valence-corrected chi connectivity index (χ4v) is 5.03. The SMILES string of the molecule is CC(C(=O)NC(C)(C)C)C1C[C@@H]2CN(c3ccnc4ccc(F)cc34)C[C@@H]2C1. The molecule has 2 heterocycles. The third-order valence-electron chi connectivity index (χ3n) is 6.43. The van der Waals surface area contributed by atoms with Crippen LogP contribution in [0, 0.1) is 29.5 Å². The standard InChI is InChI=1S/C23H30FN3O/c1-14(22(28)26-23(2,3)4)15-9-16-12-27(13-17(16)10-15)21-7-8-25-20-6-5-18(24)11-19(20)21/h5-8,11,14-17H,9-10,12-13H2,1-4H3,(H,26,28)/t14?,15?,16-,17+. The number of benzene rings is 1. The van der Waals surface area contributed by atoms with Gasteiger partial charge in [0.15, 0.2) is 0 Å². The van der Waals surface area contributed by atoms with Gasteiger partial charge in [0.25, 0.3) is 0 Å². The molecule has 5 heteroatoms. The Morgan fingerprint density at radius 3 is 2.54 bits per heavy atom. The summed E-state index contributed by atoms with van der Waals surface area (Å²) < 4.78 is 13.8. The number of aromatic nitrogens is 1. The molecule has 28 heavy (non-hydrogen) atoms. The van der Waals surface area contributed by atoms with E-state index in [4.69, 9.17) is 0 Å². The van der Waals surface area contributed by atoms with Crippen LogP contribution in [-0.2, 0) is 4.79 Å². The number of pyridine rings is 1. The van der Waals surface area contributed by atoms with Gasteiger partial charge in [0.1, 0.15) is 5.82 Å². The molecular weight excluding hydrogens is 353 g/mol. The van der Waals surface area contributed by atoms with E-state index in [1.165, 1.54) is 6.07 Å². The summed E-state index contributed by atoms with van der Waals surface area (Å²) in [5.41, 5.74) is 1.73. The van der Waals surface area contributed by atoms with Crippen molar-refractivity contribution in [1.82, 2.24) is 10.3 Å². The van der Waals surface area contributed by atoms with Gasteiger partial charge < -0.3 is 10.2 Å². The zero-order valence-corrected chi connectivity index (χ0v) is 17.2. The van der Waals surface area contributed by atoms with Crippen LogP contribution in [0.5, 0.6) is 0 Å². The van der Waals surface area contributed by atoms with Crippen molar-refractivity contribution < 1.29 is 9.18 Å². The topological polar surface area (TPSA) is 45.2 Å². The average molecular weight is 384 g/mol. The second kappa shape index (κ2) is 7.02. The summed E-state index contributed by atoms with van der Waals surface area (Å²) in [5.74, 6) is 1.66. The van der Waals surface area contributed by atoms with Crippen LogP contribution >= 0.6 is 0 Å². The molecule has 1 aliphatic carbocycles. The maximum atomic E-state index is 13.8. The molecule has 2 aliphatic rings. The van der Waals surface area contributed by atoms with Gasteiger partial charge in [-0.1, -0.05) is 6.92 Å². The molecule has 4 rings (SSSR count). The van der Waals surface area contributed by atoms with Crippen LogP contribution in [0.25, 0.3) is 10.9 Å². The lowest BCUT2D eigenvalue weighted by atomic mass is 9.89. The molecule has 1 aromatic heterocycles. The second-order valence-corrected chi connectivity index (χ2v) is 9.68. The third-order valence-corrected chi connectivity index (χ3v) is 6.43. The normalized spacial score (nSPS) is 25.8. The number of halogens is 1. The molecule has 1 saturated carbocycles. The van der Waals surface area contributed by atoms with Crippen LogP contribution in [0.15, 0.2) is 30.5 Å². The Balaban J connectivity index is 1.45. The van der Waals surface area contributed by atoms with E-state index in [9.17, 15) is 9.18 Å². The molecule has 2 fully saturated rings. The van der Waals surface area contributed by atoms with E-state index < -0.39 is 0 Å². The Labute approximate surface area is 166 Å². The summed E-state index contributed by atoms with van der Waals surface area (Å²) in [6.07, 6.45) is 4.00. The quantitative estimate of drug-likeness (QED) is 0.855. The van der Waals surface area contributed by atoms with Crippen LogP contribution in [0.2, 0.25) is 0 Å². The summed E-state index contributed by atoms with van der Waals surface area (Å²) in [4.78, 5) is 19.3. The molecule has 0 bridgehead atoms. The highest BCUT2D eigenvalue weighted by atomic mass is 19.1. The predicted octanol–water partition coefficient (Wildman–Crippen LogP) is 4.39. The summed E-state index contributed by atoms with van der Waals surface area (Å²) >= 11 is 0. The van der Waals surface area contributed by atoms with Crippen molar-refractivity contribution in [3.63, 3.8) is 0 Å². The fraction of sp³-hybridized carbons (Fsp3) is 0.565. The molecule has 4 atom stereocenters. The molecule has 1 aliphatic heterocycles. The van der Waals surface area contributed by atoms with Gasteiger partial charge in [-0.15, -0.1) is 0 Å². The number of rotatable bonds is 3. The van der Waals surface area contributed by atoms with Crippen molar-refractivity contribution in [1.29, 1.82) is 0 Å². The maximum absolute atomic E-state index is 13.8. The molecule has 2 aromatic rings. The Kier molecular flexibility index (Phi) is 4.80. The highest BCUT2D eigenvalue weighted by Crippen LogP contribution is 2.46. The summed E-state index contributed by atoms with van der Waals surface area (Å²) in [5, 5.41) is 4.02. The number of nitrogens with one attached hydrogen (secondary N) is 1. The van der Waals surface area contributed by atoms with Crippen molar-refractivity contribution in [2.75, 3.05) is 18.0 Å². The van der Waals surface area contributed by atoms with Crippen molar-refractivity contribution in [2.24, 2.45) is 23.7 Å². The van der Waals surface area contributed by atoms with Gasteiger partial charge >= 0.3 is 0 Å².